The van der Waals surface area contributed by atoms with Crippen LogP contribution < -0.4 is 4.90 Å². The lowest BCUT2D eigenvalue weighted by molar-refractivity contribution is -0.126. The fraction of sp³-hybridized carbons (Fsp3) is 0.500. The third-order valence-corrected chi connectivity index (χ3v) is 5.23. The lowest BCUT2D eigenvalue weighted by Gasteiger charge is -2.41. The van der Waals surface area contributed by atoms with Gasteiger partial charge in [-0.05, 0) is 37.5 Å². The molecule has 1 N–H and O–H groups in total. The molecule has 1 amide bonds. The van der Waals surface area contributed by atoms with Gasteiger partial charge >= 0.3 is 0 Å². The van der Waals surface area contributed by atoms with Crippen molar-refractivity contribution in [3.05, 3.63) is 47.5 Å². The average Bonchev–Trinajstić information content (AvgIpc) is 3.11. The number of imidazole rings is 1. The van der Waals surface area contributed by atoms with Crippen LogP contribution in [-0.4, -0.2) is 39.9 Å². The first-order valence-corrected chi connectivity index (χ1v) is 9.20. The summed E-state index contributed by atoms with van der Waals surface area (Å²) in [6, 6.07) is 6.16. The van der Waals surface area contributed by atoms with Crippen molar-refractivity contribution in [3.63, 3.8) is 0 Å². The number of rotatable bonds is 6. The molecule has 0 radical (unpaired) electrons. The van der Waals surface area contributed by atoms with Crippen molar-refractivity contribution in [1.82, 2.24) is 14.9 Å². The number of aromatic amines is 1. The number of piperazine rings is 1. The van der Waals surface area contributed by atoms with Gasteiger partial charge in [-0.3, -0.25) is 9.69 Å². The number of nitrogens with zero attached hydrogens (tertiary/aromatic N) is 3. The van der Waals surface area contributed by atoms with E-state index < -0.39 is 0 Å². The first-order valence-electron chi connectivity index (χ1n) is 9.20. The number of carbonyl (C=O) groups is 1. The maximum absolute atomic E-state index is 13.3. The van der Waals surface area contributed by atoms with Crippen LogP contribution in [0.4, 0.5) is 5.69 Å². The van der Waals surface area contributed by atoms with Gasteiger partial charge < -0.3 is 9.88 Å². The zero-order valence-corrected chi connectivity index (χ0v) is 15.5. The molecular weight excluding hydrogens is 312 g/mol. The van der Waals surface area contributed by atoms with Crippen molar-refractivity contribution < 1.29 is 4.79 Å². The van der Waals surface area contributed by atoms with E-state index >= 15 is 0 Å². The van der Waals surface area contributed by atoms with Crippen molar-refractivity contribution in [2.24, 2.45) is 0 Å². The van der Waals surface area contributed by atoms with Gasteiger partial charge in [-0.25, -0.2) is 4.98 Å². The number of hydrogen-bond donors (Lipinski definition) is 1. The summed E-state index contributed by atoms with van der Waals surface area (Å²) in [6.45, 7) is 8.75. The molecule has 3 rings (SSSR count). The zero-order valence-electron chi connectivity index (χ0n) is 15.5. The molecule has 25 heavy (non-hydrogen) atoms. The summed E-state index contributed by atoms with van der Waals surface area (Å²) in [5.41, 5.74) is 4.56. The molecule has 1 fully saturated rings. The highest BCUT2D eigenvalue weighted by molar-refractivity contribution is 5.98. The molecule has 0 unspecified atom stereocenters. The average molecular weight is 340 g/mol. The smallest absolute Gasteiger partial charge is 0.244 e. The van der Waals surface area contributed by atoms with E-state index in [0.29, 0.717) is 0 Å². The Hall–Kier alpha value is -2.14. The standard InChI is InChI=1S/C20H28N4O/c1-4-5-8-19-20(25)24(18-9-6-7-15(2)16(18)3)11-10-23(19)13-17-12-21-14-22-17/h6-7,9,12,14,19H,4-5,8,10-11,13H2,1-3H3,(H,21,22)/t19-/m0/s1. The second-order valence-corrected chi connectivity index (χ2v) is 6.91. The minimum absolute atomic E-state index is 0.0584. The minimum atomic E-state index is -0.0584. The van der Waals surface area contributed by atoms with Crippen LogP contribution in [0, 0.1) is 13.8 Å². The molecule has 1 aliphatic rings. The normalized spacial score (nSPS) is 18.8. The van der Waals surface area contributed by atoms with E-state index in [4.69, 9.17) is 0 Å². The highest BCUT2D eigenvalue weighted by atomic mass is 16.2. The molecule has 1 aromatic carbocycles. The molecule has 5 heteroatoms. The monoisotopic (exact) mass is 340 g/mol. The Bertz CT molecular complexity index is 710. The number of benzene rings is 1. The summed E-state index contributed by atoms with van der Waals surface area (Å²) < 4.78 is 0. The quantitative estimate of drug-likeness (QED) is 0.876. The molecule has 0 saturated carbocycles. The Balaban J connectivity index is 1.83. The topological polar surface area (TPSA) is 52.2 Å². The number of unbranched alkanes of at least 4 members (excludes halogenated alkanes) is 1. The van der Waals surface area contributed by atoms with Crippen molar-refractivity contribution >= 4 is 11.6 Å². The summed E-state index contributed by atoms with van der Waals surface area (Å²) in [7, 11) is 0. The summed E-state index contributed by atoms with van der Waals surface area (Å²) in [5.74, 6) is 0.230. The summed E-state index contributed by atoms with van der Waals surface area (Å²) in [6.07, 6.45) is 6.62. The Kier molecular flexibility index (Phi) is 5.53. The predicted molar refractivity (Wildman–Crippen MR) is 101 cm³/mol. The maximum Gasteiger partial charge on any atom is 0.244 e. The zero-order chi connectivity index (χ0) is 17.8. The molecule has 134 valence electrons. The van der Waals surface area contributed by atoms with Crippen molar-refractivity contribution in [1.29, 1.82) is 0 Å². The number of amides is 1. The van der Waals surface area contributed by atoms with Crippen LogP contribution in [0.25, 0.3) is 0 Å². The van der Waals surface area contributed by atoms with E-state index in [0.717, 1.165) is 50.3 Å². The Morgan fingerprint density at radius 1 is 1.28 bits per heavy atom. The molecule has 5 nitrogen and oxygen atoms in total. The maximum atomic E-state index is 13.3. The number of anilines is 1. The molecule has 1 aliphatic heterocycles. The van der Waals surface area contributed by atoms with Gasteiger partial charge in [0, 0.05) is 37.2 Å². The van der Waals surface area contributed by atoms with Crippen molar-refractivity contribution in [2.75, 3.05) is 18.0 Å². The molecule has 0 aliphatic carbocycles. The molecule has 0 spiro atoms. The number of aryl methyl sites for hydroxylation is 1. The fourth-order valence-corrected chi connectivity index (χ4v) is 3.58. The second kappa shape index (κ2) is 7.83. The van der Waals surface area contributed by atoms with Gasteiger partial charge in [0.25, 0.3) is 0 Å². The second-order valence-electron chi connectivity index (χ2n) is 6.91. The third-order valence-electron chi connectivity index (χ3n) is 5.23. The third kappa shape index (κ3) is 3.76. The minimum Gasteiger partial charge on any atom is -0.347 e. The van der Waals surface area contributed by atoms with Crippen molar-refractivity contribution in [3.8, 4) is 0 Å². The van der Waals surface area contributed by atoms with E-state index in [9.17, 15) is 4.79 Å². The van der Waals surface area contributed by atoms with Crippen LogP contribution in [0.15, 0.2) is 30.7 Å². The molecule has 1 saturated heterocycles. The number of H-pyrrole nitrogens is 1. The molecule has 2 heterocycles. The fourth-order valence-electron chi connectivity index (χ4n) is 3.58. The molecule has 1 aromatic heterocycles. The van der Waals surface area contributed by atoms with Gasteiger partial charge in [0.1, 0.15) is 0 Å². The molecule has 0 bridgehead atoms. The van der Waals surface area contributed by atoms with Crippen LogP contribution in [0.2, 0.25) is 0 Å². The predicted octanol–water partition coefficient (Wildman–Crippen LogP) is 3.43. The van der Waals surface area contributed by atoms with Gasteiger partial charge in [0.05, 0.1) is 12.4 Å². The molecule has 2 aromatic rings. The van der Waals surface area contributed by atoms with E-state index in [2.05, 4.69) is 47.8 Å². The Morgan fingerprint density at radius 3 is 2.84 bits per heavy atom. The van der Waals surface area contributed by atoms with E-state index in [1.165, 1.54) is 11.1 Å². The number of aromatic nitrogens is 2. The first-order chi connectivity index (χ1) is 12.1. The lowest BCUT2D eigenvalue weighted by atomic mass is 10.0. The number of nitrogens with one attached hydrogen (secondary N) is 1. The van der Waals surface area contributed by atoms with Gasteiger partial charge in [0.15, 0.2) is 0 Å². The molecule has 1 atom stereocenters. The highest BCUT2D eigenvalue weighted by Crippen LogP contribution is 2.28. The van der Waals surface area contributed by atoms with Gasteiger partial charge in [-0.2, -0.15) is 0 Å². The SMILES string of the molecule is CCCC[C@H]1C(=O)N(c2cccc(C)c2C)CCN1Cc1cnc[nH]1. The van der Waals surface area contributed by atoms with Crippen LogP contribution in [0.3, 0.4) is 0 Å². The van der Waals surface area contributed by atoms with Crippen LogP contribution in [-0.2, 0) is 11.3 Å². The summed E-state index contributed by atoms with van der Waals surface area (Å²) in [5, 5.41) is 0. The summed E-state index contributed by atoms with van der Waals surface area (Å²) >= 11 is 0. The van der Waals surface area contributed by atoms with E-state index in [1.807, 2.05) is 17.2 Å². The lowest BCUT2D eigenvalue weighted by Crippen LogP contribution is -2.57. The van der Waals surface area contributed by atoms with E-state index in [1.54, 1.807) is 6.33 Å². The highest BCUT2D eigenvalue weighted by Gasteiger charge is 2.35. The first kappa shape index (κ1) is 17.7. The van der Waals surface area contributed by atoms with Crippen LogP contribution >= 0.6 is 0 Å². The van der Waals surface area contributed by atoms with Gasteiger partial charge in [-0.15, -0.1) is 0 Å². The number of hydrogen-bond acceptors (Lipinski definition) is 3. The van der Waals surface area contributed by atoms with Crippen LogP contribution in [0.1, 0.15) is 43.0 Å². The largest absolute Gasteiger partial charge is 0.347 e. The molecular formula is C20H28N4O. The van der Waals surface area contributed by atoms with Crippen LogP contribution in [0.5, 0.6) is 0 Å². The van der Waals surface area contributed by atoms with Crippen molar-refractivity contribution in [2.45, 2.75) is 52.6 Å². The van der Waals surface area contributed by atoms with E-state index in [-0.39, 0.29) is 11.9 Å². The van der Waals surface area contributed by atoms with Gasteiger partial charge in [-0.1, -0.05) is 31.9 Å². The Labute approximate surface area is 150 Å². The Morgan fingerprint density at radius 2 is 2.12 bits per heavy atom. The van der Waals surface area contributed by atoms with Gasteiger partial charge in [0.2, 0.25) is 5.91 Å². The summed E-state index contributed by atoms with van der Waals surface area (Å²) in [4.78, 5) is 24.8. The number of carbonyl (C=O) groups excluding carboxylic acids is 1.